The molecule has 1 saturated heterocycles. The fourth-order valence-corrected chi connectivity index (χ4v) is 3.70. The number of nitrogens with zero attached hydrogens (tertiary/aromatic N) is 1. The first-order valence-electron chi connectivity index (χ1n) is 5.95. The fraction of sp³-hybridized carbons (Fsp3) is 0.800. The number of hydrogen-bond acceptors (Lipinski definition) is 6. The Kier molecular flexibility index (Phi) is 7.46. The van der Waals surface area contributed by atoms with Crippen molar-refractivity contribution in [2.45, 2.75) is 31.7 Å². The molecule has 7 nitrogen and oxygen atoms in total. The van der Waals surface area contributed by atoms with E-state index in [1.54, 1.807) is 0 Å². The number of aliphatic hydroxyl groups is 1. The van der Waals surface area contributed by atoms with E-state index in [0.29, 0.717) is 13.0 Å². The molecule has 0 radical (unpaired) electrons. The van der Waals surface area contributed by atoms with E-state index >= 15 is 0 Å². The summed E-state index contributed by atoms with van der Waals surface area (Å²) in [6.45, 7) is 2.14. The number of ether oxygens (including phenoxy) is 1. The summed E-state index contributed by atoms with van der Waals surface area (Å²) in [5.41, 5.74) is 0. The molecule has 9 heteroatoms. The zero-order valence-electron chi connectivity index (χ0n) is 10.6. The van der Waals surface area contributed by atoms with Crippen molar-refractivity contribution in [3.8, 4) is 6.07 Å². The topological polar surface area (TPSA) is 110 Å². The molecule has 4 N–H and O–H groups in total. The smallest absolute Gasteiger partial charge is 0.133 e. The minimum absolute atomic E-state index is 0.0428. The van der Waals surface area contributed by atoms with Crippen molar-refractivity contribution in [3.05, 3.63) is 0 Å². The van der Waals surface area contributed by atoms with Crippen molar-refractivity contribution in [1.82, 2.24) is 10.4 Å². The molecule has 0 aromatic heterocycles. The van der Waals surface area contributed by atoms with Gasteiger partial charge in [-0.15, -0.1) is 0 Å². The summed E-state index contributed by atoms with van der Waals surface area (Å²) >= 11 is 5.20. The van der Waals surface area contributed by atoms with Crippen LogP contribution in [0, 0.1) is 22.7 Å². The molecule has 108 valence electrons. The molecular formula is C10H19N4O3PS. The van der Waals surface area contributed by atoms with Gasteiger partial charge < -0.3 is 19.7 Å². The molecule has 0 saturated carbocycles. The lowest BCUT2D eigenvalue weighted by Crippen LogP contribution is -2.40. The molecule has 5 atom stereocenters. The highest BCUT2D eigenvalue weighted by Gasteiger charge is 2.41. The van der Waals surface area contributed by atoms with E-state index in [0.717, 1.165) is 6.34 Å². The molecule has 0 aromatic rings. The Labute approximate surface area is 118 Å². The average Bonchev–Trinajstić information content (AvgIpc) is 2.68. The lowest BCUT2D eigenvalue weighted by molar-refractivity contribution is -0.00319. The molecule has 0 bridgehead atoms. The quantitative estimate of drug-likeness (QED) is 0.215. The molecule has 1 rings (SSSR count). The van der Waals surface area contributed by atoms with E-state index in [2.05, 4.69) is 10.4 Å². The lowest BCUT2D eigenvalue weighted by atomic mass is 10.0. The number of aliphatic hydroxyl groups excluding tert-OH is 1. The van der Waals surface area contributed by atoms with Gasteiger partial charge in [-0.25, -0.2) is 0 Å². The molecule has 0 aliphatic carbocycles. The van der Waals surface area contributed by atoms with E-state index < -0.39 is 7.07 Å². The van der Waals surface area contributed by atoms with Crippen molar-refractivity contribution in [2.24, 2.45) is 5.92 Å². The van der Waals surface area contributed by atoms with Crippen LogP contribution in [0.15, 0.2) is 0 Å². The summed E-state index contributed by atoms with van der Waals surface area (Å²) in [5, 5.41) is 30.7. The van der Waals surface area contributed by atoms with Gasteiger partial charge in [-0.2, -0.15) is 5.26 Å². The Morgan fingerprint density at radius 2 is 2.42 bits per heavy atom. The van der Waals surface area contributed by atoms with Crippen LogP contribution >= 0.6 is 7.07 Å². The highest BCUT2D eigenvalue weighted by Crippen LogP contribution is 2.30. The van der Waals surface area contributed by atoms with Gasteiger partial charge in [0, 0.05) is 12.0 Å². The third-order valence-corrected chi connectivity index (χ3v) is 4.67. The second-order valence-corrected chi connectivity index (χ2v) is 6.43. The van der Waals surface area contributed by atoms with Gasteiger partial charge in [0.15, 0.2) is 0 Å². The summed E-state index contributed by atoms with van der Waals surface area (Å²) in [6.07, 6.45) is 0.678. The maximum absolute atomic E-state index is 9.31. The van der Waals surface area contributed by atoms with Gasteiger partial charge in [-0.1, -0.05) is 18.7 Å². The predicted octanol–water partition coefficient (Wildman–Crippen LogP) is -0.0691. The summed E-state index contributed by atoms with van der Waals surface area (Å²) in [4.78, 5) is 0. The number of nitriles is 1. The lowest BCUT2D eigenvalue weighted by Gasteiger charge is -2.22. The van der Waals surface area contributed by atoms with Gasteiger partial charge in [-0.3, -0.25) is 10.5 Å². The Morgan fingerprint density at radius 3 is 3.00 bits per heavy atom. The average molecular weight is 306 g/mol. The highest BCUT2D eigenvalue weighted by atomic mass is 32.4. The Morgan fingerprint density at radius 1 is 1.68 bits per heavy atom. The number of nitrogens with one attached hydrogen (secondary N) is 3. The van der Waals surface area contributed by atoms with Gasteiger partial charge >= 0.3 is 0 Å². The van der Waals surface area contributed by atoms with Crippen molar-refractivity contribution in [3.63, 3.8) is 0 Å². The van der Waals surface area contributed by atoms with Crippen molar-refractivity contribution >= 4 is 25.2 Å². The molecule has 1 aliphatic rings. The molecule has 1 aliphatic heterocycles. The Hall–Kier alpha value is -0.550. The first kappa shape index (κ1) is 16.5. The molecule has 19 heavy (non-hydrogen) atoms. The molecule has 0 spiro atoms. The van der Waals surface area contributed by atoms with Crippen LogP contribution in [-0.4, -0.2) is 43.0 Å². The van der Waals surface area contributed by atoms with Gasteiger partial charge in [0.25, 0.3) is 0 Å². The summed E-state index contributed by atoms with van der Waals surface area (Å²) in [7, 11) is -1.65. The normalized spacial score (nSPS) is 31.6. The number of rotatable bonds is 8. The number of hydrogen-bond donors (Lipinski definition) is 4. The van der Waals surface area contributed by atoms with Crippen molar-refractivity contribution in [1.29, 1.82) is 10.7 Å². The van der Waals surface area contributed by atoms with Gasteiger partial charge in [0.05, 0.1) is 38.1 Å². The van der Waals surface area contributed by atoms with E-state index in [4.69, 9.17) is 31.7 Å². The maximum atomic E-state index is 9.31. The summed E-state index contributed by atoms with van der Waals surface area (Å²) in [5.74, 6) is 0.0428. The molecule has 0 amide bonds. The fourth-order valence-electron chi connectivity index (χ4n) is 1.95. The molecular weight excluding hydrogens is 287 g/mol. The molecule has 1 fully saturated rings. The van der Waals surface area contributed by atoms with E-state index in [1.165, 1.54) is 0 Å². The van der Waals surface area contributed by atoms with Crippen molar-refractivity contribution in [2.75, 3.05) is 13.2 Å². The second-order valence-electron chi connectivity index (χ2n) is 4.16. The van der Waals surface area contributed by atoms with Crippen LogP contribution in [0.5, 0.6) is 0 Å². The summed E-state index contributed by atoms with van der Waals surface area (Å²) < 4.78 is 11.0. The van der Waals surface area contributed by atoms with Crippen LogP contribution in [0.2, 0.25) is 0 Å². The van der Waals surface area contributed by atoms with Crippen LogP contribution in [-0.2, 0) is 21.1 Å². The standard InChI is InChI=1S/C10H19N4O3PS/c1-7-9(14-18(19)16-4-2-3-11)8(5-15)17-10(7)13-6-12/h6-10,15,18H,2,4-5H2,1H3,(H2,12,13)(H,14,19)/t7-,8-,9+,10-/m1/s1. The largest absolute Gasteiger partial charge is 0.394 e. The Balaban J connectivity index is 2.52. The monoisotopic (exact) mass is 306 g/mol. The zero-order chi connectivity index (χ0) is 14.3. The van der Waals surface area contributed by atoms with Gasteiger partial charge in [0.1, 0.15) is 13.3 Å². The van der Waals surface area contributed by atoms with E-state index in [9.17, 15) is 5.11 Å². The van der Waals surface area contributed by atoms with Crippen LogP contribution < -0.4 is 10.4 Å². The maximum Gasteiger partial charge on any atom is 0.133 e. The van der Waals surface area contributed by atoms with E-state index in [-0.39, 0.29) is 30.9 Å². The summed E-state index contributed by atoms with van der Waals surface area (Å²) in [6, 6.07) is 1.86. The van der Waals surface area contributed by atoms with Gasteiger partial charge in [-0.05, 0) is 0 Å². The molecule has 1 unspecified atom stereocenters. The molecule has 1 heterocycles. The Bertz CT molecular complexity index is 365. The molecule has 0 aromatic carbocycles. The zero-order valence-corrected chi connectivity index (χ0v) is 12.4. The van der Waals surface area contributed by atoms with Crippen LogP contribution in [0.3, 0.4) is 0 Å². The minimum atomic E-state index is -1.65. The van der Waals surface area contributed by atoms with Crippen molar-refractivity contribution < 1.29 is 14.4 Å². The SMILES string of the molecule is C[C@@H]1[C@H](N[PH](=S)OCCC#N)[C@@H](CO)O[C@H]1NC=N. The first-order chi connectivity index (χ1) is 9.13. The first-order valence-corrected chi connectivity index (χ1v) is 8.49. The van der Waals surface area contributed by atoms with Crippen LogP contribution in [0.4, 0.5) is 0 Å². The van der Waals surface area contributed by atoms with E-state index in [1.807, 2.05) is 13.0 Å². The van der Waals surface area contributed by atoms with Crippen LogP contribution in [0.1, 0.15) is 13.3 Å². The second kappa shape index (κ2) is 8.59. The van der Waals surface area contributed by atoms with Crippen LogP contribution in [0.25, 0.3) is 0 Å². The predicted molar refractivity (Wildman–Crippen MR) is 75.6 cm³/mol. The third-order valence-electron chi connectivity index (χ3n) is 2.93. The minimum Gasteiger partial charge on any atom is -0.394 e. The third kappa shape index (κ3) is 4.80. The highest BCUT2D eigenvalue weighted by molar-refractivity contribution is 8.02. The van der Waals surface area contributed by atoms with Gasteiger partial charge in [0.2, 0.25) is 0 Å².